The number of carbonyl (C=O) groups is 1. The number of urea groups is 1. The predicted octanol–water partition coefficient (Wildman–Crippen LogP) is 3.92. The van der Waals surface area contributed by atoms with Gasteiger partial charge in [-0.05, 0) is 23.3 Å². The lowest BCUT2D eigenvalue weighted by Gasteiger charge is -2.04. The zero-order valence-electron chi connectivity index (χ0n) is 10.8. The zero-order valence-corrected chi connectivity index (χ0v) is 12.4. The second-order valence-corrected chi connectivity index (χ2v) is 5.02. The van der Waals surface area contributed by atoms with Crippen LogP contribution in [-0.2, 0) is 6.54 Å². The molecule has 0 radical (unpaired) electrons. The molecule has 0 aliphatic carbocycles. The molecule has 0 bridgehead atoms. The van der Waals surface area contributed by atoms with Gasteiger partial charge >= 0.3 is 6.03 Å². The Morgan fingerprint density at radius 2 is 1.75 bits per heavy atom. The number of halogens is 1. The summed E-state index contributed by atoms with van der Waals surface area (Å²) >= 11 is 3.45. The molecule has 0 aliphatic heterocycles. The van der Waals surface area contributed by atoms with Crippen molar-refractivity contribution in [1.82, 2.24) is 10.6 Å². The number of carbonyl (C=O) groups excluding carboxylic acids is 1. The highest BCUT2D eigenvalue weighted by atomic mass is 79.9. The molecule has 2 N–H and O–H groups in total. The number of nitrogens with one attached hydrogen (secondary N) is 2. The van der Waals surface area contributed by atoms with Crippen LogP contribution in [0.3, 0.4) is 0 Å². The Morgan fingerprint density at radius 1 is 1.05 bits per heavy atom. The van der Waals surface area contributed by atoms with Gasteiger partial charge in [-0.3, -0.25) is 0 Å². The average molecular weight is 331 g/mol. The number of rotatable bonds is 4. The lowest BCUT2D eigenvalue weighted by Crippen LogP contribution is -2.31. The van der Waals surface area contributed by atoms with Gasteiger partial charge in [-0.25, -0.2) is 4.79 Å². The number of benzene rings is 2. The molecule has 102 valence electrons. The van der Waals surface area contributed by atoms with Gasteiger partial charge in [-0.2, -0.15) is 0 Å². The first-order valence-corrected chi connectivity index (χ1v) is 7.04. The molecule has 3 nitrogen and oxygen atoms in total. The van der Waals surface area contributed by atoms with E-state index in [1.165, 1.54) is 0 Å². The minimum atomic E-state index is -0.225. The van der Waals surface area contributed by atoms with Gasteiger partial charge in [0, 0.05) is 17.2 Å². The Morgan fingerprint density at radius 3 is 2.50 bits per heavy atom. The third-order valence-electron chi connectivity index (χ3n) is 2.68. The lowest BCUT2D eigenvalue weighted by atomic mass is 10.2. The predicted molar refractivity (Wildman–Crippen MR) is 85.0 cm³/mol. The fraction of sp³-hybridized carbons (Fsp3) is 0.0625. The van der Waals surface area contributed by atoms with E-state index in [1.54, 1.807) is 6.20 Å². The van der Waals surface area contributed by atoms with Crippen molar-refractivity contribution in [3.63, 3.8) is 0 Å². The molecular formula is C16H15BrN2O. The second-order valence-electron chi connectivity index (χ2n) is 4.17. The summed E-state index contributed by atoms with van der Waals surface area (Å²) in [4.78, 5) is 11.6. The minimum Gasteiger partial charge on any atom is -0.334 e. The molecule has 0 saturated heterocycles. The molecule has 20 heavy (non-hydrogen) atoms. The van der Waals surface area contributed by atoms with Crippen LogP contribution < -0.4 is 10.6 Å². The van der Waals surface area contributed by atoms with Gasteiger partial charge in [0.25, 0.3) is 0 Å². The number of amides is 2. The molecule has 0 heterocycles. The lowest BCUT2D eigenvalue weighted by molar-refractivity contribution is 0.244. The van der Waals surface area contributed by atoms with E-state index in [4.69, 9.17) is 0 Å². The van der Waals surface area contributed by atoms with Gasteiger partial charge in [-0.1, -0.05) is 64.5 Å². The van der Waals surface area contributed by atoms with Crippen LogP contribution in [0.1, 0.15) is 11.1 Å². The van der Waals surface area contributed by atoms with Gasteiger partial charge in [0.15, 0.2) is 0 Å². The van der Waals surface area contributed by atoms with Crippen LogP contribution in [-0.4, -0.2) is 6.03 Å². The van der Waals surface area contributed by atoms with E-state index in [1.807, 2.05) is 60.7 Å². The quantitative estimate of drug-likeness (QED) is 0.876. The van der Waals surface area contributed by atoms with Crippen molar-refractivity contribution in [2.45, 2.75) is 6.54 Å². The van der Waals surface area contributed by atoms with Gasteiger partial charge in [-0.15, -0.1) is 0 Å². The summed E-state index contributed by atoms with van der Waals surface area (Å²) in [5, 5.41) is 5.46. The molecule has 2 amide bonds. The molecule has 2 aromatic carbocycles. The van der Waals surface area contributed by atoms with Gasteiger partial charge < -0.3 is 10.6 Å². The molecule has 4 heteroatoms. The molecule has 0 atom stereocenters. The normalized spacial score (nSPS) is 10.4. The van der Waals surface area contributed by atoms with Crippen LogP contribution in [0.15, 0.2) is 65.3 Å². The molecule has 0 fully saturated rings. The highest BCUT2D eigenvalue weighted by Gasteiger charge is 1.97. The van der Waals surface area contributed by atoms with E-state index in [-0.39, 0.29) is 6.03 Å². The van der Waals surface area contributed by atoms with E-state index < -0.39 is 0 Å². The molecular weight excluding hydrogens is 316 g/mol. The van der Waals surface area contributed by atoms with E-state index in [0.29, 0.717) is 6.54 Å². The van der Waals surface area contributed by atoms with Gasteiger partial charge in [0.2, 0.25) is 0 Å². The fourth-order valence-corrected chi connectivity index (χ4v) is 2.06. The molecule has 2 rings (SSSR count). The Balaban J connectivity index is 1.79. The molecule has 0 unspecified atom stereocenters. The third-order valence-corrected chi connectivity index (χ3v) is 3.40. The van der Waals surface area contributed by atoms with Gasteiger partial charge in [0.1, 0.15) is 0 Å². The zero-order chi connectivity index (χ0) is 14.2. The molecule has 0 aliphatic rings. The first-order chi connectivity index (χ1) is 9.75. The Bertz CT molecular complexity index is 596. The monoisotopic (exact) mass is 330 g/mol. The van der Waals surface area contributed by atoms with Crippen LogP contribution in [0.5, 0.6) is 0 Å². The highest BCUT2D eigenvalue weighted by molar-refractivity contribution is 9.10. The molecule has 0 saturated carbocycles. The smallest absolute Gasteiger partial charge is 0.319 e. The summed E-state index contributed by atoms with van der Waals surface area (Å²) in [6.45, 7) is 0.509. The van der Waals surface area contributed by atoms with E-state index >= 15 is 0 Å². The van der Waals surface area contributed by atoms with Crippen molar-refractivity contribution in [2.24, 2.45) is 0 Å². The van der Waals surface area contributed by atoms with Crippen LogP contribution in [0.4, 0.5) is 4.79 Å². The summed E-state index contributed by atoms with van der Waals surface area (Å²) in [6, 6.07) is 17.4. The maximum Gasteiger partial charge on any atom is 0.319 e. The van der Waals surface area contributed by atoms with E-state index in [2.05, 4.69) is 26.6 Å². The largest absolute Gasteiger partial charge is 0.334 e. The third kappa shape index (κ3) is 4.55. The van der Waals surface area contributed by atoms with Crippen molar-refractivity contribution in [3.05, 3.63) is 76.4 Å². The molecule has 0 aromatic heterocycles. The summed E-state index contributed by atoms with van der Waals surface area (Å²) in [5.41, 5.74) is 2.08. The Hall–Kier alpha value is -2.07. The number of hydrogen-bond acceptors (Lipinski definition) is 1. The van der Waals surface area contributed by atoms with E-state index in [0.717, 1.165) is 15.6 Å². The fourth-order valence-electron chi connectivity index (χ4n) is 1.65. The standard InChI is InChI=1S/C16H15BrN2O/c17-15-9-5-4-8-14(15)10-11-18-16(20)19-12-13-6-2-1-3-7-13/h1-11H,12H2,(H2,18,19,20)/b11-10+. The van der Waals surface area contributed by atoms with E-state index in [9.17, 15) is 4.79 Å². The minimum absolute atomic E-state index is 0.225. The SMILES string of the molecule is O=C(N/C=C/c1ccccc1Br)NCc1ccccc1. The summed E-state index contributed by atoms with van der Waals surface area (Å²) in [5.74, 6) is 0. The summed E-state index contributed by atoms with van der Waals surface area (Å²) < 4.78 is 0.989. The highest BCUT2D eigenvalue weighted by Crippen LogP contribution is 2.16. The maximum absolute atomic E-state index is 11.6. The Labute approximate surface area is 126 Å². The van der Waals surface area contributed by atoms with Gasteiger partial charge in [0.05, 0.1) is 0 Å². The van der Waals surface area contributed by atoms with Crippen molar-refractivity contribution in [2.75, 3.05) is 0 Å². The van der Waals surface area contributed by atoms with Crippen molar-refractivity contribution in [3.8, 4) is 0 Å². The van der Waals surface area contributed by atoms with Crippen molar-refractivity contribution < 1.29 is 4.79 Å². The topological polar surface area (TPSA) is 41.1 Å². The number of hydrogen-bond donors (Lipinski definition) is 2. The van der Waals surface area contributed by atoms with Crippen LogP contribution in [0.2, 0.25) is 0 Å². The second kappa shape index (κ2) is 7.50. The maximum atomic E-state index is 11.6. The average Bonchev–Trinajstić information content (AvgIpc) is 2.48. The first-order valence-electron chi connectivity index (χ1n) is 6.25. The van der Waals surface area contributed by atoms with Crippen LogP contribution >= 0.6 is 15.9 Å². The molecule has 0 spiro atoms. The first kappa shape index (κ1) is 14.3. The summed E-state index contributed by atoms with van der Waals surface area (Å²) in [7, 11) is 0. The van der Waals surface area contributed by atoms with Crippen LogP contribution in [0, 0.1) is 0 Å². The summed E-state index contributed by atoms with van der Waals surface area (Å²) in [6.07, 6.45) is 3.46. The Kier molecular flexibility index (Phi) is 5.38. The molecule has 2 aromatic rings. The van der Waals surface area contributed by atoms with Crippen molar-refractivity contribution in [1.29, 1.82) is 0 Å². The van der Waals surface area contributed by atoms with Crippen molar-refractivity contribution >= 4 is 28.0 Å². The van der Waals surface area contributed by atoms with Crippen LogP contribution in [0.25, 0.3) is 6.08 Å².